The van der Waals surface area contributed by atoms with Crippen LogP contribution < -0.4 is 11.5 Å². The van der Waals surface area contributed by atoms with Gasteiger partial charge in [0.2, 0.25) is 0 Å². The zero-order valence-electron chi connectivity index (χ0n) is 22.6. The zero-order chi connectivity index (χ0) is 27.5. The van der Waals surface area contributed by atoms with Crippen LogP contribution in [-0.4, -0.2) is 63.5 Å². The number of aromatic nitrogens is 1. The standard InChI is InChI=1S/C27H43N3O6S/c1-15-7-6-8-27(14-29)21(36-27)10-19(16(2)9-18-13-37-22(12-28)30-18)35-23(32)11-20(31)26(4,5)25(34)17(3)24(15)33/h9,13,15,17,19-21,24,31,33H,6-8,10-12,14,28-29H2,1-5H3/b16-9+/t15-,17+,19-,20-,21-,24-,27-/m0/s1. The molecular formula is C27H43N3O6S. The first-order valence-electron chi connectivity index (χ1n) is 13.1. The molecule has 2 aliphatic rings. The predicted octanol–water partition coefficient (Wildman–Crippen LogP) is 2.57. The Balaban J connectivity index is 1.88. The summed E-state index contributed by atoms with van der Waals surface area (Å²) in [6.07, 6.45) is 1.25. The first kappa shape index (κ1) is 29.9. The molecule has 0 amide bonds. The van der Waals surface area contributed by atoms with Crippen LogP contribution in [-0.2, 0) is 25.6 Å². The van der Waals surface area contributed by atoms with E-state index in [1.807, 2.05) is 25.3 Å². The Morgan fingerprint density at radius 2 is 1.97 bits per heavy atom. The smallest absolute Gasteiger partial charge is 0.309 e. The van der Waals surface area contributed by atoms with Crippen molar-refractivity contribution in [3.05, 3.63) is 21.7 Å². The molecule has 1 aromatic rings. The summed E-state index contributed by atoms with van der Waals surface area (Å²) in [6, 6.07) is 0. The quantitative estimate of drug-likeness (QED) is 0.334. The fourth-order valence-electron chi connectivity index (χ4n) is 5.26. The number of Topliss-reactive ketones (excluding diaryl/α,β-unsaturated/α-hetero) is 1. The highest BCUT2D eigenvalue weighted by molar-refractivity contribution is 7.09. The van der Waals surface area contributed by atoms with Gasteiger partial charge in [-0.05, 0) is 37.3 Å². The Morgan fingerprint density at radius 1 is 1.27 bits per heavy atom. The van der Waals surface area contributed by atoms with Crippen LogP contribution in [0.3, 0.4) is 0 Å². The second-order valence-electron chi connectivity index (χ2n) is 11.3. The summed E-state index contributed by atoms with van der Waals surface area (Å²) in [7, 11) is 0. The number of ketones is 1. The first-order chi connectivity index (χ1) is 17.3. The van der Waals surface area contributed by atoms with Crippen LogP contribution in [0.15, 0.2) is 11.0 Å². The summed E-state index contributed by atoms with van der Waals surface area (Å²) < 4.78 is 12.0. The number of fused-ring (bicyclic) bond motifs is 1. The third-order valence-corrected chi connectivity index (χ3v) is 9.07. The third-order valence-electron chi connectivity index (χ3n) is 8.18. The maximum atomic E-state index is 13.3. The lowest BCUT2D eigenvalue weighted by molar-refractivity contribution is -0.154. The van der Waals surface area contributed by atoms with E-state index in [2.05, 4.69) is 4.98 Å². The molecule has 2 saturated heterocycles. The lowest BCUT2D eigenvalue weighted by Crippen LogP contribution is -2.45. The van der Waals surface area contributed by atoms with E-state index in [4.69, 9.17) is 20.9 Å². The monoisotopic (exact) mass is 537 g/mol. The molecule has 0 saturated carbocycles. The molecule has 0 bridgehead atoms. The summed E-state index contributed by atoms with van der Waals surface area (Å²) in [4.78, 5) is 30.7. The van der Waals surface area contributed by atoms with Gasteiger partial charge in [-0.3, -0.25) is 9.59 Å². The van der Waals surface area contributed by atoms with Crippen molar-refractivity contribution in [1.82, 2.24) is 4.98 Å². The van der Waals surface area contributed by atoms with Crippen molar-refractivity contribution in [2.24, 2.45) is 28.7 Å². The minimum absolute atomic E-state index is 0.119. The van der Waals surface area contributed by atoms with E-state index in [-0.39, 0.29) is 24.2 Å². The summed E-state index contributed by atoms with van der Waals surface area (Å²) in [5.41, 5.74) is 11.6. The normalized spacial score (nSPS) is 36.1. The predicted molar refractivity (Wildman–Crippen MR) is 142 cm³/mol. The number of hydrogen-bond donors (Lipinski definition) is 4. The molecule has 0 unspecified atom stereocenters. The van der Waals surface area contributed by atoms with Crippen LogP contribution in [0, 0.1) is 17.3 Å². The summed E-state index contributed by atoms with van der Waals surface area (Å²) in [6.45, 7) is 9.39. The molecule has 0 aliphatic carbocycles. The summed E-state index contributed by atoms with van der Waals surface area (Å²) in [5, 5.41) is 24.5. The van der Waals surface area contributed by atoms with Gasteiger partial charge in [0.25, 0.3) is 0 Å². The molecule has 6 N–H and O–H groups in total. The molecule has 1 aromatic heterocycles. The van der Waals surface area contributed by atoms with Crippen LogP contribution in [0.5, 0.6) is 0 Å². The van der Waals surface area contributed by atoms with Crippen molar-refractivity contribution in [3.63, 3.8) is 0 Å². The van der Waals surface area contributed by atoms with Gasteiger partial charge in [0.05, 0.1) is 35.8 Å². The van der Waals surface area contributed by atoms with Gasteiger partial charge in [-0.2, -0.15) is 0 Å². The van der Waals surface area contributed by atoms with E-state index in [9.17, 15) is 19.8 Å². The van der Waals surface area contributed by atoms with E-state index in [0.29, 0.717) is 32.4 Å². The number of esters is 1. The first-order valence-corrected chi connectivity index (χ1v) is 14.0. The molecule has 10 heteroatoms. The van der Waals surface area contributed by atoms with Gasteiger partial charge in [0.15, 0.2) is 0 Å². The topological polar surface area (TPSA) is 161 Å². The van der Waals surface area contributed by atoms with Crippen LogP contribution in [0.1, 0.15) is 77.4 Å². The lowest BCUT2D eigenvalue weighted by atomic mass is 9.73. The van der Waals surface area contributed by atoms with Crippen LogP contribution in [0.2, 0.25) is 0 Å². The number of rotatable bonds is 4. The Bertz CT molecular complexity index is 995. The number of nitrogens with two attached hydrogens (primary N) is 2. The molecule has 0 radical (unpaired) electrons. The van der Waals surface area contributed by atoms with Crippen LogP contribution in [0.4, 0.5) is 0 Å². The van der Waals surface area contributed by atoms with Gasteiger partial charge in [0, 0.05) is 30.8 Å². The van der Waals surface area contributed by atoms with Gasteiger partial charge < -0.3 is 31.2 Å². The number of carbonyl (C=O) groups excluding carboxylic acids is 2. The highest BCUT2D eigenvalue weighted by Gasteiger charge is 2.55. The van der Waals surface area contributed by atoms with Crippen LogP contribution >= 0.6 is 11.3 Å². The number of epoxide rings is 1. The molecule has 3 rings (SSSR count). The van der Waals surface area contributed by atoms with Gasteiger partial charge in [0.1, 0.15) is 22.5 Å². The largest absolute Gasteiger partial charge is 0.458 e. The van der Waals surface area contributed by atoms with E-state index in [0.717, 1.165) is 22.7 Å². The number of hydrogen-bond acceptors (Lipinski definition) is 10. The fraction of sp³-hybridized carbons (Fsp3) is 0.741. The van der Waals surface area contributed by atoms with Crippen molar-refractivity contribution in [2.45, 2.75) is 103 Å². The number of cyclic esters (lactones) is 1. The Kier molecular flexibility index (Phi) is 9.69. The average Bonchev–Trinajstić information content (AvgIpc) is 3.34. The fourth-order valence-corrected chi connectivity index (χ4v) is 5.89. The maximum Gasteiger partial charge on any atom is 0.309 e. The number of aliphatic hydroxyl groups is 2. The molecule has 2 fully saturated rings. The second kappa shape index (κ2) is 12.0. The molecule has 37 heavy (non-hydrogen) atoms. The van der Waals surface area contributed by atoms with E-state index in [1.54, 1.807) is 20.8 Å². The van der Waals surface area contributed by atoms with E-state index < -0.39 is 41.2 Å². The highest BCUT2D eigenvalue weighted by Crippen LogP contribution is 2.45. The van der Waals surface area contributed by atoms with Crippen LogP contribution in [0.25, 0.3) is 6.08 Å². The number of carbonyl (C=O) groups is 2. The molecule has 7 atom stereocenters. The number of aliphatic hydroxyl groups excluding tert-OH is 2. The Labute approximate surface area is 223 Å². The summed E-state index contributed by atoms with van der Waals surface area (Å²) >= 11 is 1.47. The average molecular weight is 538 g/mol. The molecular weight excluding hydrogens is 494 g/mol. The highest BCUT2D eigenvalue weighted by atomic mass is 32.1. The molecule has 0 spiro atoms. The maximum absolute atomic E-state index is 13.3. The molecule has 3 heterocycles. The van der Waals surface area contributed by atoms with Crippen molar-refractivity contribution in [3.8, 4) is 0 Å². The van der Waals surface area contributed by atoms with Gasteiger partial charge >= 0.3 is 5.97 Å². The number of thiazole rings is 1. The molecule has 9 nitrogen and oxygen atoms in total. The minimum atomic E-state index is -1.26. The second-order valence-corrected chi connectivity index (χ2v) is 12.2. The third kappa shape index (κ3) is 6.85. The van der Waals surface area contributed by atoms with Crippen molar-refractivity contribution >= 4 is 29.2 Å². The number of nitrogens with zero attached hydrogens (tertiary/aromatic N) is 1. The van der Waals surface area contributed by atoms with Crippen molar-refractivity contribution < 1.29 is 29.3 Å². The van der Waals surface area contributed by atoms with E-state index in [1.165, 1.54) is 11.3 Å². The number of ether oxygens (including phenoxy) is 2. The van der Waals surface area contributed by atoms with E-state index >= 15 is 0 Å². The Hall–Kier alpha value is -1.69. The molecule has 2 aliphatic heterocycles. The molecule has 0 aromatic carbocycles. The van der Waals surface area contributed by atoms with Crippen molar-refractivity contribution in [1.29, 1.82) is 0 Å². The molecule has 208 valence electrons. The van der Waals surface area contributed by atoms with Gasteiger partial charge in [-0.25, -0.2) is 4.98 Å². The zero-order valence-corrected chi connectivity index (χ0v) is 23.4. The summed E-state index contributed by atoms with van der Waals surface area (Å²) in [5.74, 6) is -1.70. The minimum Gasteiger partial charge on any atom is -0.458 e. The Morgan fingerprint density at radius 3 is 2.59 bits per heavy atom. The SMILES string of the molecule is C/C(=C\c1csc(CN)n1)[C@@H]1C[C@@H]2O[C@]2(CN)CCC[C@H](C)[C@H](O)[C@@H](C)C(=O)C(C)(C)[C@@H](O)CC(=O)O1. The van der Waals surface area contributed by atoms with Crippen molar-refractivity contribution in [2.75, 3.05) is 6.54 Å². The lowest BCUT2D eigenvalue weighted by Gasteiger charge is -2.34. The van der Waals surface area contributed by atoms with Gasteiger partial charge in [-0.1, -0.05) is 34.1 Å². The van der Waals surface area contributed by atoms with Gasteiger partial charge in [-0.15, -0.1) is 11.3 Å².